The standard InChI is InChI=1S/C21H18Cl2N2O4S/c1-3-25-19(26)17(11-12-9-15(22)18(29-4-2)16(23)10-12)30-21(25)24-14-7-5-13(6-8-14)20(27)28/h5-11H,3-4H2,1-2H3,(H,27,28)/b17-11-,24-21?. The van der Waals surface area contributed by atoms with E-state index >= 15 is 0 Å². The zero-order valence-electron chi connectivity index (χ0n) is 16.2. The van der Waals surface area contributed by atoms with Crippen molar-refractivity contribution < 1.29 is 19.4 Å². The molecule has 1 aliphatic rings. The first kappa shape index (κ1) is 22.2. The predicted octanol–water partition coefficient (Wildman–Crippen LogP) is 5.71. The number of nitrogens with zero attached hydrogens (tertiary/aromatic N) is 2. The molecule has 0 unspecified atom stereocenters. The van der Waals surface area contributed by atoms with E-state index in [2.05, 4.69) is 4.99 Å². The number of thioether (sulfide) groups is 1. The molecule has 6 nitrogen and oxygen atoms in total. The van der Waals surface area contributed by atoms with Crippen molar-refractivity contribution in [1.29, 1.82) is 0 Å². The molecule has 2 aromatic carbocycles. The molecule has 1 amide bonds. The second-order valence-electron chi connectivity index (χ2n) is 6.15. The molecule has 30 heavy (non-hydrogen) atoms. The molecule has 0 spiro atoms. The summed E-state index contributed by atoms with van der Waals surface area (Å²) in [6.45, 7) is 4.58. The second kappa shape index (κ2) is 9.55. The number of aliphatic imine (C=N–C) groups is 1. The second-order valence-corrected chi connectivity index (χ2v) is 7.98. The number of amides is 1. The average Bonchev–Trinajstić information content (AvgIpc) is 2.99. The summed E-state index contributed by atoms with van der Waals surface area (Å²) in [6, 6.07) is 9.52. The highest BCUT2D eigenvalue weighted by Crippen LogP contribution is 2.38. The normalized spacial score (nSPS) is 16.5. The summed E-state index contributed by atoms with van der Waals surface area (Å²) >= 11 is 13.7. The molecule has 9 heteroatoms. The topological polar surface area (TPSA) is 79.2 Å². The molecule has 0 saturated carbocycles. The third kappa shape index (κ3) is 4.80. The van der Waals surface area contributed by atoms with Crippen molar-refractivity contribution >= 4 is 63.8 Å². The summed E-state index contributed by atoms with van der Waals surface area (Å²) in [4.78, 5) is 30.3. The molecule has 3 rings (SSSR count). The van der Waals surface area contributed by atoms with Gasteiger partial charge in [-0.05, 0) is 73.6 Å². The van der Waals surface area contributed by atoms with Gasteiger partial charge in [-0.25, -0.2) is 9.79 Å². The average molecular weight is 465 g/mol. The molecule has 0 bridgehead atoms. The number of carbonyl (C=O) groups is 2. The quantitative estimate of drug-likeness (QED) is 0.553. The van der Waals surface area contributed by atoms with Crippen molar-refractivity contribution in [3.8, 4) is 5.75 Å². The Balaban J connectivity index is 1.91. The monoisotopic (exact) mass is 464 g/mol. The third-order valence-electron chi connectivity index (χ3n) is 4.15. The Morgan fingerprint density at radius 1 is 1.20 bits per heavy atom. The Morgan fingerprint density at radius 2 is 1.83 bits per heavy atom. The molecule has 0 aromatic heterocycles. The molecule has 1 saturated heterocycles. The number of carboxylic acids is 1. The fourth-order valence-electron chi connectivity index (χ4n) is 2.76. The van der Waals surface area contributed by atoms with E-state index in [1.165, 1.54) is 23.9 Å². The van der Waals surface area contributed by atoms with E-state index in [1.54, 1.807) is 35.2 Å². The molecule has 2 aromatic rings. The highest BCUT2D eigenvalue weighted by molar-refractivity contribution is 8.18. The summed E-state index contributed by atoms with van der Waals surface area (Å²) in [5, 5.41) is 10.3. The lowest BCUT2D eigenvalue weighted by Gasteiger charge is -2.12. The SMILES string of the molecule is CCOc1c(Cl)cc(/C=C2\SC(=Nc3ccc(C(=O)O)cc3)N(CC)C2=O)cc1Cl. The first-order chi connectivity index (χ1) is 14.3. The van der Waals surface area contributed by atoms with Gasteiger partial charge in [0.05, 0.1) is 32.8 Å². The van der Waals surface area contributed by atoms with Gasteiger partial charge in [-0.3, -0.25) is 9.69 Å². The van der Waals surface area contributed by atoms with Gasteiger partial charge in [-0.15, -0.1) is 0 Å². The number of carbonyl (C=O) groups excluding carboxylic acids is 1. The smallest absolute Gasteiger partial charge is 0.335 e. The highest BCUT2D eigenvalue weighted by Gasteiger charge is 2.32. The van der Waals surface area contributed by atoms with Gasteiger partial charge in [0.1, 0.15) is 0 Å². The molecule has 1 heterocycles. The maximum atomic E-state index is 12.8. The van der Waals surface area contributed by atoms with Crippen LogP contribution in [0, 0.1) is 0 Å². The van der Waals surface area contributed by atoms with E-state index in [-0.39, 0.29) is 11.5 Å². The van der Waals surface area contributed by atoms with Crippen LogP contribution in [0.25, 0.3) is 6.08 Å². The van der Waals surface area contributed by atoms with Gasteiger partial charge in [0.2, 0.25) is 0 Å². The number of likely N-dealkylation sites (N-methyl/N-ethyl adjacent to an activating group) is 1. The maximum Gasteiger partial charge on any atom is 0.335 e. The molecular formula is C21H18Cl2N2O4S. The van der Waals surface area contributed by atoms with Crippen molar-refractivity contribution in [3.63, 3.8) is 0 Å². The number of amidine groups is 1. The number of rotatable bonds is 6. The van der Waals surface area contributed by atoms with E-state index < -0.39 is 5.97 Å². The summed E-state index contributed by atoms with van der Waals surface area (Å²) < 4.78 is 5.43. The molecule has 1 N–H and O–H groups in total. The zero-order chi connectivity index (χ0) is 21.8. The number of halogens is 2. The number of carboxylic acid groups (broad SMARTS) is 1. The fourth-order valence-corrected chi connectivity index (χ4v) is 4.43. The number of ether oxygens (including phenoxy) is 1. The Bertz CT molecular complexity index is 1030. The summed E-state index contributed by atoms with van der Waals surface area (Å²) in [5.74, 6) is -0.770. The molecule has 156 valence electrons. The lowest BCUT2D eigenvalue weighted by atomic mass is 10.2. The number of benzene rings is 2. The van der Waals surface area contributed by atoms with E-state index in [9.17, 15) is 9.59 Å². The van der Waals surface area contributed by atoms with Gasteiger partial charge < -0.3 is 9.84 Å². The number of hydrogen-bond acceptors (Lipinski definition) is 5. The molecule has 0 atom stereocenters. The largest absolute Gasteiger partial charge is 0.491 e. The molecule has 1 aliphatic heterocycles. The van der Waals surface area contributed by atoms with Gasteiger partial charge >= 0.3 is 5.97 Å². The Kier molecular flexibility index (Phi) is 7.07. The number of aromatic carboxylic acids is 1. The van der Waals surface area contributed by atoms with Crippen molar-refractivity contribution in [1.82, 2.24) is 4.90 Å². The third-order valence-corrected chi connectivity index (χ3v) is 5.72. The van der Waals surface area contributed by atoms with E-state index in [0.29, 0.717) is 50.3 Å². The first-order valence-corrected chi connectivity index (χ1v) is 10.7. The Morgan fingerprint density at radius 3 is 2.37 bits per heavy atom. The van der Waals surface area contributed by atoms with Crippen LogP contribution in [0.1, 0.15) is 29.8 Å². The van der Waals surface area contributed by atoms with Crippen LogP contribution in [0.2, 0.25) is 10.0 Å². The highest BCUT2D eigenvalue weighted by atomic mass is 35.5. The summed E-state index contributed by atoms with van der Waals surface area (Å²) in [5.41, 5.74) is 1.40. The Hall–Kier alpha value is -2.48. The van der Waals surface area contributed by atoms with Gasteiger partial charge in [-0.1, -0.05) is 23.2 Å². The van der Waals surface area contributed by atoms with Gasteiger partial charge in [0.25, 0.3) is 5.91 Å². The van der Waals surface area contributed by atoms with E-state index in [4.69, 9.17) is 33.0 Å². The van der Waals surface area contributed by atoms with Crippen LogP contribution >= 0.6 is 35.0 Å². The summed E-state index contributed by atoms with van der Waals surface area (Å²) in [7, 11) is 0. The van der Waals surface area contributed by atoms with Gasteiger partial charge in [-0.2, -0.15) is 0 Å². The van der Waals surface area contributed by atoms with Crippen LogP contribution in [-0.2, 0) is 4.79 Å². The molecule has 0 radical (unpaired) electrons. The molecule has 0 aliphatic carbocycles. The van der Waals surface area contributed by atoms with Crippen molar-refractivity contribution in [2.75, 3.05) is 13.2 Å². The lowest BCUT2D eigenvalue weighted by Crippen LogP contribution is -2.28. The minimum Gasteiger partial charge on any atom is -0.491 e. The first-order valence-electron chi connectivity index (χ1n) is 9.09. The van der Waals surface area contributed by atoms with Crippen LogP contribution in [0.3, 0.4) is 0 Å². The molecule has 1 fully saturated rings. The van der Waals surface area contributed by atoms with Gasteiger partial charge in [0, 0.05) is 6.54 Å². The van der Waals surface area contributed by atoms with Crippen LogP contribution in [0.5, 0.6) is 5.75 Å². The van der Waals surface area contributed by atoms with Crippen LogP contribution in [0.15, 0.2) is 46.3 Å². The van der Waals surface area contributed by atoms with Gasteiger partial charge in [0.15, 0.2) is 10.9 Å². The fraction of sp³-hybridized carbons (Fsp3) is 0.190. The zero-order valence-corrected chi connectivity index (χ0v) is 18.5. The van der Waals surface area contributed by atoms with Crippen molar-refractivity contribution in [2.45, 2.75) is 13.8 Å². The lowest BCUT2D eigenvalue weighted by molar-refractivity contribution is -0.122. The Labute approximate surface area is 188 Å². The van der Waals surface area contributed by atoms with Crippen LogP contribution in [0.4, 0.5) is 5.69 Å². The van der Waals surface area contributed by atoms with Crippen LogP contribution < -0.4 is 4.74 Å². The van der Waals surface area contributed by atoms with E-state index in [1.807, 2.05) is 13.8 Å². The van der Waals surface area contributed by atoms with Crippen molar-refractivity contribution in [3.05, 3.63) is 62.5 Å². The van der Waals surface area contributed by atoms with Crippen LogP contribution in [-0.4, -0.2) is 40.2 Å². The maximum absolute atomic E-state index is 12.8. The number of hydrogen-bond donors (Lipinski definition) is 1. The molecular weight excluding hydrogens is 447 g/mol. The minimum atomic E-state index is -1.01. The van der Waals surface area contributed by atoms with E-state index in [0.717, 1.165) is 0 Å². The van der Waals surface area contributed by atoms with Crippen molar-refractivity contribution in [2.24, 2.45) is 4.99 Å². The summed E-state index contributed by atoms with van der Waals surface area (Å²) in [6.07, 6.45) is 1.71. The minimum absolute atomic E-state index is 0.172. The predicted molar refractivity (Wildman–Crippen MR) is 121 cm³/mol.